The molecule has 1 nitrogen and oxygen atoms in total. The fraction of sp³-hybridized carbons (Fsp3) is 0.692. The summed E-state index contributed by atoms with van der Waals surface area (Å²) in [5, 5.41) is 0. The maximum Gasteiger partial charge on any atom is 0.0222 e. The van der Waals surface area contributed by atoms with Gasteiger partial charge < -0.3 is 4.57 Å². The van der Waals surface area contributed by atoms with Gasteiger partial charge in [0.1, 0.15) is 0 Å². The molecule has 0 saturated carbocycles. The van der Waals surface area contributed by atoms with Crippen LogP contribution in [0.5, 0.6) is 0 Å². The minimum atomic E-state index is 0. The van der Waals surface area contributed by atoms with Gasteiger partial charge in [-0.2, -0.15) is 0 Å². The van der Waals surface area contributed by atoms with Crippen LogP contribution in [0.3, 0.4) is 0 Å². The lowest BCUT2D eigenvalue weighted by molar-refractivity contribution is 0.559. The Morgan fingerprint density at radius 3 is 2.47 bits per heavy atom. The molecule has 0 aliphatic rings. The van der Waals surface area contributed by atoms with Crippen LogP contribution in [0.15, 0.2) is 18.3 Å². The fourth-order valence-electron chi connectivity index (χ4n) is 1.87. The summed E-state index contributed by atoms with van der Waals surface area (Å²) >= 11 is 0. The Kier molecular flexibility index (Phi) is 8.06. The molecule has 2 heteroatoms. The van der Waals surface area contributed by atoms with Gasteiger partial charge in [-0.3, -0.25) is 4.70 Å². The highest BCUT2D eigenvalue weighted by molar-refractivity contribution is 5.06. The molecular weight excluding hydrogens is 189 g/mol. The van der Waals surface area contributed by atoms with Gasteiger partial charge in [-0.25, -0.2) is 0 Å². The van der Waals surface area contributed by atoms with E-state index in [1.807, 2.05) is 0 Å². The monoisotopic (exact) mass is 213 g/mol. The Balaban J connectivity index is 0.00000196. The van der Waals surface area contributed by atoms with E-state index in [-0.39, 0.29) is 4.70 Å². The van der Waals surface area contributed by atoms with Crippen molar-refractivity contribution in [3.63, 3.8) is 0 Å². The molecule has 0 N–H and O–H groups in total. The number of rotatable bonds is 7. The zero-order valence-corrected chi connectivity index (χ0v) is 10.0. The van der Waals surface area contributed by atoms with Crippen molar-refractivity contribution in [1.82, 2.24) is 4.57 Å². The lowest BCUT2D eigenvalue weighted by Gasteiger charge is -2.07. The normalized spacial score (nSPS) is 10.0. The summed E-state index contributed by atoms with van der Waals surface area (Å²) in [4.78, 5) is 0. The van der Waals surface area contributed by atoms with Crippen LogP contribution in [0.2, 0.25) is 0 Å². The fourth-order valence-corrected chi connectivity index (χ4v) is 1.87. The molecule has 0 bridgehead atoms. The predicted molar refractivity (Wildman–Crippen MR) is 65.1 cm³/mol. The van der Waals surface area contributed by atoms with Crippen LogP contribution in [0, 0.1) is 0 Å². The van der Waals surface area contributed by atoms with Crippen molar-refractivity contribution in [1.29, 1.82) is 0 Å². The highest BCUT2D eigenvalue weighted by Crippen LogP contribution is 2.08. The van der Waals surface area contributed by atoms with Crippen molar-refractivity contribution in [3.8, 4) is 0 Å². The summed E-state index contributed by atoms with van der Waals surface area (Å²) in [6.45, 7) is 5.70. The van der Waals surface area contributed by atoms with Gasteiger partial charge in [0.15, 0.2) is 0 Å². The Hall–Kier alpha value is -0.790. The molecule has 0 saturated heterocycles. The van der Waals surface area contributed by atoms with E-state index in [4.69, 9.17) is 0 Å². The summed E-state index contributed by atoms with van der Waals surface area (Å²) in [6, 6.07) is 4.39. The minimum absolute atomic E-state index is 0. The standard InChI is InChI=1S/C13H23N.FH/c1-3-5-6-7-8-11-14-12-9-10-13(14)4-2;/h9-10,12H,3-8,11H2,1-2H3;1H. The Labute approximate surface area is 92.9 Å². The average Bonchev–Trinajstić information content (AvgIpc) is 2.65. The van der Waals surface area contributed by atoms with Gasteiger partial charge in [-0.1, -0.05) is 39.5 Å². The van der Waals surface area contributed by atoms with Crippen molar-refractivity contribution in [3.05, 3.63) is 24.0 Å². The van der Waals surface area contributed by atoms with Gasteiger partial charge >= 0.3 is 0 Å². The van der Waals surface area contributed by atoms with E-state index in [2.05, 4.69) is 36.7 Å². The summed E-state index contributed by atoms with van der Waals surface area (Å²) < 4.78 is 2.39. The first-order valence-electron chi connectivity index (χ1n) is 6.02. The van der Waals surface area contributed by atoms with E-state index >= 15 is 0 Å². The van der Waals surface area contributed by atoms with Crippen LogP contribution in [-0.2, 0) is 13.0 Å². The van der Waals surface area contributed by atoms with Crippen LogP contribution < -0.4 is 0 Å². The lowest BCUT2D eigenvalue weighted by Crippen LogP contribution is -2.00. The molecule has 1 aromatic heterocycles. The first-order chi connectivity index (χ1) is 6.88. The molecule has 1 rings (SSSR count). The number of aryl methyl sites for hydroxylation is 2. The summed E-state index contributed by atoms with van der Waals surface area (Å²) in [6.07, 6.45) is 10.2. The molecule has 0 spiro atoms. The van der Waals surface area contributed by atoms with Crippen molar-refractivity contribution in [2.75, 3.05) is 0 Å². The summed E-state index contributed by atoms with van der Waals surface area (Å²) in [5.41, 5.74) is 1.47. The quantitative estimate of drug-likeness (QED) is 0.599. The molecule has 0 aliphatic carbocycles. The topological polar surface area (TPSA) is 4.93 Å². The molecule has 15 heavy (non-hydrogen) atoms. The van der Waals surface area contributed by atoms with Crippen LogP contribution in [0.25, 0.3) is 0 Å². The van der Waals surface area contributed by atoms with Crippen LogP contribution in [0.1, 0.15) is 51.6 Å². The van der Waals surface area contributed by atoms with E-state index in [9.17, 15) is 0 Å². The zero-order valence-electron chi connectivity index (χ0n) is 10.0. The second-order valence-electron chi connectivity index (χ2n) is 3.96. The SMILES string of the molecule is CCCCCCCn1cccc1CC.F. The molecule has 0 atom stereocenters. The van der Waals surface area contributed by atoms with Gasteiger partial charge in [0.2, 0.25) is 0 Å². The minimum Gasteiger partial charge on any atom is -0.351 e. The molecule has 0 radical (unpaired) electrons. The van der Waals surface area contributed by atoms with Crippen LogP contribution in [0.4, 0.5) is 4.70 Å². The maximum absolute atomic E-state index is 2.39. The van der Waals surface area contributed by atoms with Gasteiger partial charge in [0.25, 0.3) is 0 Å². The zero-order chi connectivity index (χ0) is 10.2. The Bertz CT molecular complexity index is 242. The summed E-state index contributed by atoms with van der Waals surface area (Å²) in [5.74, 6) is 0. The molecule has 0 aliphatic heterocycles. The number of aromatic nitrogens is 1. The average molecular weight is 213 g/mol. The van der Waals surface area contributed by atoms with Crippen molar-refractivity contribution >= 4 is 0 Å². The molecule has 0 aromatic carbocycles. The lowest BCUT2D eigenvalue weighted by atomic mass is 10.1. The van der Waals surface area contributed by atoms with E-state index in [1.54, 1.807) is 0 Å². The molecule has 0 amide bonds. The Morgan fingerprint density at radius 1 is 1.07 bits per heavy atom. The number of nitrogens with zero attached hydrogens (tertiary/aromatic N) is 1. The van der Waals surface area contributed by atoms with Crippen LogP contribution in [-0.4, -0.2) is 4.57 Å². The van der Waals surface area contributed by atoms with E-state index < -0.39 is 0 Å². The molecule has 88 valence electrons. The van der Waals surface area contributed by atoms with Crippen LogP contribution >= 0.6 is 0 Å². The third kappa shape index (κ3) is 5.01. The largest absolute Gasteiger partial charge is 0.351 e. The first kappa shape index (κ1) is 14.2. The van der Waals surface area contributed by atoms with Crippen molar-refractivity contribution in [2.24, 2.45) is 0 Å². The predicted octanol–water partition coefficient (Wildman–Crippen LogP) is 4.17. The molecule has 1 aromatic rings. The van der Waals surface area contributed by atoms with E-state index in [0.29, 0.717) is 0 Å². The van der Waals surface area contributed by atoms with Gasteiger partial charge in [0.05, 0.1) is 0 Å². The highest BCUT2D eigenvalue weighted by atomic mass is 19.0. The second-order valence-corrected chi connectivity index (χ2v) is 3.96. The van der Waals surface area contributed by atoms with Crippen molar-refractivity contribution in [2.45, 2.75) is 58.9 Å². The number of hydrogen-bond acceptors (Lipinski definition) is 0. The smallest absolute Gasteiger partial charge is 0.0222 e. The third-order valence-corrected chi connectivity index (χ3v) is 2.79. The first-order valence-corrected chi connectivity index (χ1v) is 6.02. The van der Waals surface area contributed by atoms with Gasteiger partial charge in [0, 0.05) is 18.4 Å². The molecule has 1 heterocycles. The third-order valence-electron chi connectivity index (χ3n) is 2.79. The molecule has 0 fully saturated rings. The van der Waals surface area contributed by atoms with E-state index in [0.717, 1.165) is 6.42 Å². The van der Waals surface area contributed by atoms with Crippen molar-refractivity contribution < 1.29 is 4.70 Å². The highest BCUT2D eigenvalue weighted by Gasteiger charge is 1.97. The second kappa shape index (κ2) is 8.51. The summed E-state index contributed by atoms with van der Waals surface area (Å²) in [7, 11) is 0. The van der Waals surface area contributed by atoms with Gasteiger partial charge in [-0.15, -0.1) is 0 Å². The van der Waals surface area contributed by atoms with Gasteiger partial charge in [-0.05, 0) is 25.0 Å². The molecule has 0 unspecified atom stereocenters. The molecular formula is C13H24FN. The Morgan fingerprint density at radius 2 is 1.80 bits per heavy atom. The number of halogens is 1. The number of hydrogen-bond donors (Lipinski definition) is 0. The maximum atomic E-state index is 2.39. The van der Waals surface area contributed by atoms with E-state index in [1.165, 1.54) is 44.3 Å². The number of unbranched alkanes of at least 4 members (excludes halogenated alkanes) is 4.